The van der Waals surface area contributed by atoms with Crippen LogP contribution in [0.15, 0.2) is 64.6 Å². The quantitative estimate of drug-likeness (QED) is 0.373. The first-order chi connectivity index (χ1) is 10.5. The zero-order chi connectivity index (χ0) is 16.0. The van der Waals surface area contributed by atoms with Crippen LogP contribution in [-0.4, -0.2) is 19.7 Å². The Morgan fingerprint density at radius 3 is 2.59 bits per heavy atom. The van der Waals surface area contributed by atoms with Crippen molar-refractivity contribution in [1.29, 1.82) is 0 Å². The Bertz CT molecular complexity index is 790. The highest BCUT2D eigenvalue weighted by atomic mass is 32.2. The standard InChI is InChI=1S/C14H13N3O3S2/c15-14(21)17-16-10-11-5-4-6-12(9-11)20-22(18,19)13-7-2-1-3-8-13/h1-10H,(H3,15,17,21)/b16-10-. The molecule has 0 fully saturated rings. The summed E-state index contributed by atoms with van der Waals surface area (Å²) >= 11 is 4.61. The molecule has 2 aromatic carbocycles. The lowest BCUT2D eigenvalue weighted by Crippen LogP contribution is -2.23. The number of hydrazone groups is 1. The van der Waals surface area contributed by atoms with Crippen LogP contribution in [-0.2, 0) is 10.1 Å². The summed E-state index contributed by atoms with van der Waals surface area (Å²) in [4.78, 5) is 0.0872. The SMILES string of the molecule is NC(=S)N/N=C\c1cccc(OS(=O)(=O)c2ccccc2)c1. The Kier molecular flexibility index (Phi) is 5.08. The van der Waals surface area contributed by atoms with Gasteiger partial charge in [-0.15, -0.1) is 0 Å². The van der Waals surface area contributed by atoms with Crippen molar-refractivity contribution < 1.29 is 12.6 Å². The van der Waals surface area contributed by atoms with Crippen molar-refractivity contribution in [2.24, 2.45) is 10.8 Å². The van der Waals surface area contributed by atoms with Crippen LogP contribution in [0.5, 0.6) is 5.75 Å². The third-order valence-corrected chi connectivity index (χ3v) is 3.84. The lowest BCUT2D eigenvalue weighted by molar-refractivity contribution is 0.486. The average molecular weight is 335 g/mol. The second-order valence-electron chi connectivity index (χ2n) is 4.16. The van der Waals surface area contributed by atoms with E-state index in [1.165, 1.54) is 24.4 Å². The Balaban J connectivity index is 2.17. The molecule has 2 aromatic rings. The molecule has 0 aliphatic rings. The number of nitrogens with zero attached hydrogens (tertiary/aromatic N) is 1. The predicted molar refractivity (Wildman–Crippen MR) is 88.2 cm³/mol. The van der Waals surface area contributed by atoms with Gasteiger partial charge in [0.2, 0.25) is 0 Å². The number of nitrogens with one attached hydrogen (secondary N) is 1. The van der Waals surface area contributed by atoms with Gasteiger partial charge in [0.1, 0.15) is 10.6 Å². The van der Waals surface area contributed by atoms with E-state index in [2.05, 4.69) is 22.7 Å². The van der Waals surface area contributed by atoms with Crippen molar-refractivity contribution in [3.8, 4) is 5.75 Å². The van der Waals surface area contributed by atoms with Crippen molar-refractivity contribution in [1.82, 2.24) is 5.43 Å². The zero-order valence-corrected chi connectivity index (χ0v) is 13.0. The highest BCUT2D eigenvalue weighted by Crippen LogP contribution is 2.19. The number of nitrogens with two attached hydrogens (primary N) is 1. The van der Waals surface area contributed by atoms with Gasteiger partial charge < -0.3 is 9.92 Å². The first-order valence-electron chi connectivity index (χ1n) is 6.15. The van der Waals surface area contributed by atoms with E-state index < -0.39 is 10.1 Å². The highest BCUT2D eigenvalue weighted by molar-refractivity contribution is 7.87. The molecule has 0 heterocycles. The summed E-state index contributed by atoms with van der Waals surface area (Å²) in [6.45, 7) is 0. The van der Waals surface area contributed by atoms with Crippen LogP contribution in [0.4, 0.5) is 0 Å². The van der Waals surface area contributed by atoms with Crippen LogP contribution in [0.1, 0.15) is 5.56 Å². The van der Waals surface area contributed by atoms with Crippen LogP contribution in [0, 0.1) is 0 Å². The van der Waals surface area contributed by atoms with Gasteiger partial charge in [-0.2, -0.15) is 13.5 Å². The summed E-state index contributed by atoms with van der Waals surface area (Å²) in [5, 5.41) is 3.83. The molecular weight excluding hydrogens is 322 g/mol. The number of rotatable bonds is 5. The molecule has 0 amide bonds. The number of benzene rings is 2. The molecule has 114 valence electrons. The summed E-state index contributed by atoms with van der Waals surface area (Å²) < 4.78 is 29.3. The largest absolute Gasteiger partial charge is 0.379 e. The highest BCUT2D eigenvalue weighted by Gasteiger charge is 2.15. The van der Waals surface area contributed by atoms with E-state index in [1.807, 2.05) is 0 Å². The summed E-state index contributed by atoms with van der Waals surface area (Å²) in [6.07, 6.45) is 1.45. The first kappa shape index (κ1) is 15.9. The van der Waals surface area contributed by atoms with E-state index in [9.17, 15) is 8.42 Å². The Hall–Kier alpha value is -2.45. The van der Waals surface area contributed by atoms with Gasteiger partial charge in [0.05, 0.1) is 6.21 Å². The summed E-state index contributed by atoms with van der Waals surface area (Å²) in [5.41, 5.74) is 8.27. The number of hydrogen-bond acceptors (Lipinski definition) is 5. The Morgan fingerprint density at radius 2 is 1.91 bits per heavy atom. The molecule has 0 aliphatic heterocycles. The molecule has 0 aliphatic carbocycles. The Morgan fingerprint density at radius 1 is 1.18 bits per heavy atom. The van der Waals surface area contributed by atoms with Crippen molar-refractivity contribution >= 4 is 33.7 Å². The molecule has 0 spiro atoms. The first-order valence-corrected chi connectivity index (χ1v) is 7.97. The van der Waals surface area contributed by atoms with Crippen LogP contribution < -0.4 is 15.3 Å². The van der Waals surface area contributed by atoms with E-state index >= 15 is 0 Å². The maximum atomic E-state index is 12.1. The fourth-order valence-electron chi connectivity index (χ4n) is 1.58. The zero-order valence-electron chi connectivity index (χ0n) is 11.3. The molecule has 6 nitrogen and oxygen atoms in total. The molecule has 22 heavy (non-hydrogen) atoms. The van der Waals surface area contributed by atoms with Gasteiger partial charge >= 0.3 is 10.1 Å². The van der Waals surface area contributed by atoms with Crippen molar-refractivity contribution in [2.75, 3.05) is 0 Å². The molecule has 2 rings (SSSR count). The minimum atomic E-state index is -3.86. The maximum absolute atomic E-state index is 12.1. The van der Waals surface area contributed by atoms with Crippen LogP contribution >= 0.6 is 12.2 Å². The second-order valence-corrected chi connectivity index (χ2v) is 6.14. The van der Waals surface area contributed by atoms with Crippen molar-refractivity contribution in [3.05, 3.63) is 60.2 Å². The molecule has 8 heteroatoms. The summed E-state index contributed by atoms with van der Waals surface area (Å²) in [5.74, 6) is 0.183. The van der Waals surface area contributed by atoms with Gasteiger partial charge in [0, 0.05) is 0 Å². The van der Waals surface area contributed by atoms with Crippen molar-refractivity contribution in [2.45, 2.75) is 4.90 Å². The fourth-order valence-corrected chi connectivity index (χ4v) is 2.58. The van der Waals surface area contributed by atoms with E-state index in [1.54, 1.807) is 36.4 Å². The van der Waals surface area contributed by atoms with Gasteiger partial charge in [0.15, 0.2) is 5.11 Å². The number of thiocarbonyl (C=S) groups is 1. The minimum absolute atomic E-state index is 0.0373. The maximum Gasteiger partial charge on any atom is 0.339 e. The Labute approximate surface area is 133 Å². The van der Waals surface area contributed by atoms with E-state index in [4.69, 9.17) is 9.92 Å². The van der Waals surface area contributed by atoms with Gasteiger partial charge in [-0.25, -0.2) is 0 Å². The molecule has 0 radical (unpaired) electrons. The fraction of sp³-hybridized carbons (Fsp3) is 0. The van der Waals surface area contributed by atoms with Gasteiger partial charge in [0.25, 0.3) is 0 Å². The third kappa shape index (κ3) is 4.54. The molecule has 3 N–H and O–H groups in total. The molecule has 0 unspecified atom stereocenters. The van der Waals surface area contributed by atoms with E-state index in [0.717, 1.165) is 0 Å². The lowest BCUT2D eigenvalue weighted by atomic mass is 10.2. The second kappa shape index (κ2) is 7.01. The lowest BCUT2D eigenvalue weighted by Gasteiger charge is -2.07. The van der Waals surface area contributed by atoms with Gasteiger partial charge in [-0.1, -0.05) is 30.3 Å². The summed E-state index contributed by atoms with van der Waals surface area (Å²) in [7, 11) is -3.86. The molecular formula is C14H13N3O3S2. The van der Waals surface area contributed by atoms with Crippen molar-refractivity contribution in [3.63, 3.8) is 0 Å². The number of hydrogen-bond donors (Lipinski definition) is 2. The van der Waals surface area contributed by atoms with E-state index in [-0.39, 0.29) is 15.8 Å². The van der Waals surface area contributed by atoms with Crippen LogP contribution in [0.2, 0.25) is 0 Å². The normalized spacial score (nSPS) is 11.3. The molecule has 0 atom stereocenters. The molecule has 0 aromatic heterocycles. The smallest absolute Gasteiger partial charge is 0.339 e. The summed E-state index contributed by atoms with van der Waals surface area (Å²) in [6, 6.07) is 14.4. The molecule has 0 saturated carbocycles. The van der Waals surface area contributed by atoms with Gasteiger partial charge in [-0.3, -0.25) is 5.43 Å². The van der Waals surface area contributed by atoms with E-state index in [0.29, 0.717) is 5.56 Å². The average Bonchev–Trinajstić information content (AvgIpc) is 2.48. The monoisotopic (exact) mass is 335 g/mol. The topological polar surface area (TPSA) is 93.8 Å². The van der Waals surface area contributed by atoms with Crippen LogP contribution in [0.25, 0.3) is 0 Å². The van der Waals surface area contributed by atoms with Crippen LogP contribution in [0.3, 0.4) is 0 Å². The molecule has 0 bridgehead atoms. The molecule has 0 saturated heterocycles. The minimum Gasteiger partial charge on any atom is -0.379 e. The third-order valence-electron chi connectivity index (χ3n) is 2.48. The predicted octanol–water partition coefficient (Wildman–Crippen LogP) is 1.62. The van der Waals surface area contributed by atoms with Gasteiger partial charge in [-0.05, 0) is 42.0 Å².